The molecule has 24 heavy (non-hydrogen) atoms. The molecule has 0 aliphatic heterocycles. The fourth-order valence-electron chi connectivity index (χ4n) is 3.35. The molecule has 0 bridgehead atoms. The van der Waals surface area contributed by atoms with Crippen molar-refractivity contribution in [1.82, 2.24) is 0 Å². The van der Waals surface area contributed by atoms with Gasteiger partial charge in [0, 0.05) is 27.2 Å². The standard InChI is InChI=1S/C20H40O4/c1-7-12-18(3)13-9-10-14-19(15-11-17-24-16-8-2)20(21-4,22-5)23-6/h8,16,18-19H,7,9-15,17H2,1-6H3. The Kier molecular flexibility index (Phi) is 14.4. The number of ether oxygens (including phenoxy) is 4. The van der Waals surface area contributed by atoms with E-state index in [0.717, 1.165) is 25.2 Å². The first-order chi connectivity index (χ1) is 11.6. The summed E-state index contributed by atoms with van der Waals surface area (Å²) in [4.78, 5) is 0. The van der Waals surface area contributed by atoms with Crippen LogP contribution in [0, 0.1) is 11.8 Å². The van der Waals surface area contributed by atoms with E-state index in [9.17, 15) is 0 Å². The lowest BCUT2D eigenvalue weighted by molar-refractivity contribution is -0.380. The number of rotatable bonds is 16. The van der Waals surface area contributed by atoms with Crippen molar-refractivity contribution in [1.29, 1.82) is 0 Å². The maximum atomic E-state index is 5.59. The summed E-state index contributed by atoms with van der Waals surface area (Å²) < 4.78 is 22.2. The predicted octanol–water partition coefficient (Wildman–Crippen LogP) is 5.52. The minimum absolute atomic E-state index is 0.202. The molecule has 0 heterocycles. The molecule has 0 aliphatic rings. The molecule has 0 radical (unpaired) electrons. The van der Waals surface area contributed by atoms with Crippen LogP contribution >= 0.6 is 0 Å². The fraction of sp³-hybridized carbons (Fsp3) is 0.900. The Labute approximate surface area is 149 Å². The van der Waals surface area contributed by atoms with Gasteiger partial charge in [-0.05, 0) is 32.1 Å². The quantitative estimate of drug-likeness (QED) is 0.210. The van der Waals surface area contributed by atoms with E-state index in [1.807, 2.05) is 13.0 Å². The zero-order chi connectivity index (χ0) is 18.3. The van der Waals surface area contributed by atoms with Crippen molar-refractivity contribution in [3.8, 4) is 0 Å². The van der Waals surface area contributed by atoms with E-state index in [2.05, 4.69) is 13.8 Å². The van der Waals surface area contributed by atoms with Crippen molar-refractivity contribution in [2.45, 2.75) is 78.1 Å². The summed E-state index contributed by atoms with van der Waals surface area (Å²) in [7, 11) is 4.96. The molecule has 144 valence electrons. The molecule has 0 spiro atoms. The molecule has 0 aromatic carbocycles. The van der Waals surface area contributed by atoms with Crippen LogP contribution in [0.25, 0.3) is 0 Å². The third-order valence-corrected chi connectivity index (χ3v) is 4.68. The van der Waals surface area contributed by atoms with Crippen LogP contribution in [0.15, 0.2) is 12.3 Å². The van der Waals surface area contributed by atoms with Gasteiger partial charge in [0.15, 0.2) is 0 Å². The van der Waals surface area contributed by atoms with Crippen molar-refractivity contribution in [3.63, 3.8) is 0 Å². The highest BCUT2D eigenvalue weighted by molar-refractivity contribution is 4.72. The molecule has 4 heteroatoms. The Morgan fingerprint density at radius 1 is 0.875 bits per heavy atom. The number of hydrogen-bond acceptors (Lipinski definition) is 4. The number of unbranched alkanes of at least 4 members (excludes halogenated alkanes) is 1. The normalized spacial score (nSPS) is 14.9. The molecule has 0 aromatic rings. The largest absolute Gasteiger partial charge is 0.502 e. The van der Waals surface area contributed by atoms with Gasteiger partial charge in [-0.1, -0.05) is 52.0 Å². The number of methoxy groups -OCH3 is 3. The lowest BCUT2D eigenvalue weighted by atomic mass is 9.91. The first kappa shape index (κ1) is 23.4. The summed E-state index contributed by atoms with van der Waals surface area (Å²) >= 11 is 0. The summed E-state index contributed by atoms with van der Waals surface area (Å²) in [6.45, 7) is 7.27. The molecule has 0 N–H and O–H groups in total. The van der Waals surface area contributed by atoms with Crippen LogP contribution in [0.2, 0.25) is 0 Å². The maximum Gasteiger partial charge on any atom is 0.285 e. The van der Waals surface area contributed by atoms with E-state index in [-0.39, 0.29) is 5.92 Å². The molecule has 4 nitrogen and oxygen atoms in total. The van der Waals surface area contributed by atoms with Gasteiger partial charge in [-0.2, -0.15) is 0 Å². The van der Waals surface area contributed by atoms with Gasteiger partial charge in [0.25, 0.3) is 5.97 Å². The van der Waals surface area contributed by atoms with E-state index in [0.29, 0.717) is 6.61 Å². The van der Waals surface area contributed by atoms with E-state index < -0.39 is 5.97 Å². The third kappa shape index (κ3) is 9.05. The summed E-state index contributed by atoms with van der Waals surface area (Å²) in [6.07, 6.45) is 12.9. The van der Waals surface area contributed by atoms with Gasteiger partial charge < -0.3 is 18.9 Å². The molecule has 0 rings (SSSR count). The van der Waals surface area contributed by atoms with Crippen molar-refractivity contribution >= 4 is 0 Å². The Bertz CT molecular complexity index is 292. The van der Waals surface area contributed by atoms with Crippen molar-refractivity contribution in [2.75, 3.05) is 27.9 Å². The molecule has 2 atom stereocenters. The van der Waals surface area contributed by atoms with Gasteiger partial charge >= 0.3 is 0 Å². The molecule has 0 aliphatic carbocycles. The molecule has 2 unspecified atom stereocenters. The highest BCUT2D eigenvalue weighted by Crippen LogP contribution is 2.32. The SMILES string of the molecule is CC=COCCCC(CCCCC(C)CCC)C(OC)(OC)OC. The van der Waals surface area contributed by atoms with Crippen LogP contribution in [0.5, 0.6) is 0 Å². The summed E-state index contributed by atoms with van der Waals surface area (Å²) in [5.41, 5.74) is 0. The first-order valence-corrected chi connectivity index (χ1v) is 9.48. The van der Waals surface area contributed by atoms with Crippen LogP contribution < -0.4 is 0 Å². The maximum absolute atomic E-state index is 5.59. The molecule has 0 saturated heterocycles. The second-order valence-electron chi connectivity index (χ2n) is 6.57. The summed E-state index contributed by atoms with van der Waals surface area (Å²) in [6, 6.07) is 0. The fourth-order valence-corrected chi connectivity index (χ4v) is 3.35. The van der Waals surface area contributed by atoms with Gasteiger partial charge in [0.2, 0.25) is 0 Å². The van der Waals surface area contributed by atoms with Crippen molar-refractivity contribution in [3.05, 3.63) is 12.3 Å². The minimum atomic E-state index is -0.949. The number of allylic oxidation sites excluding steroid dienone is 1. The van der Waals surface area contributed by atoms with Crippen LogP contribution in [-0.2, 0) is 18.9 Å². The highest BCUT2D eigenvalue weighted by Gasteiger charge is 2.39. The Balaban J connectivity index is 4.45. The van der Waals surface area contributed by atoms with Crippen LogP contribution in [0.1, 0.15) is 72.1 Å². The van der Waals surface area contributed by atoms with Gasteiger partial charge in [-0.3, -0.25) is 0 Å². The average Bonchev–Trinajstić information content (AvgIpc) is 2.59. The zero-order valence-corrected chi connectivity index (χ0v) is 16.8. The molecule has 0 saturated carbocycles. The topological polar surface area (TPSA) is 36.9 Å². The minimum Gasteiger partial charge on any atom is -0.502 e. The summed E-state index contributed by atoms with van der Waals surface area (Å²) in [5.74, 6) is 0.0724. The third-order valence-electron chi connectivity index (χ3n) is 4.68. The van der Waals surface area contributed by atoms with Gasteiger partial charge in [0.1, 0.15) is 0 Å². The lowest BCUT2D eigenvalue weighted by Crippen LogP contribution is -2.44. The van der Waals surface area contributed by atoms with Crippen LogP contribution in [0.4, 0.5) is 0 Å². The monoisotopic (exact) mass is 344 g/mol. The smallest absolute Gasteiger partial charge is 0.285 e. The average molecular weight is 345 g/mol. The van der Waals surface area contributed by atoms with Crippen molar-refractivity contribution in [2.24, 2.45) is 11.8 Å². The zero-order valence-electron chi connectivity index (χ0n) is 16.8. The highest BCUT2D eigenvalue weighted by atomic mass is 16.9. The molecular formula is C20H40O4. The van der Waals surface area contributed by atoms with Crippen LogP contribution in [-0.4, -0.2) is 33.9 Å². The van der Waals surface area contributed by atoms with Gasteiger partial charge in [-0.15, -0.1) is 0 Å². The molecule has 0 fully saturated rings. The molecule has 0 amide bonds. The predicted molar refractivity (Wildman–Crippen MR) is 99.8 cm³/mol. The molecule has 0 aromatic heterocycles. The second kappa shape index (κ2) is 14.7. The number of hydrogen-bond donors (Lipinski definition) is 0. The molecular weight excluding hydrogens is 304 g/mol. The Hall–Kier alpha value is -0.580. The Morgan fingerprint density at radius 3 is 2.00 bits per heavy atom. The lowest BCUT2D eigenvalue weighted by Gasteiger charge is -2.36. The van der Waals surface area contributed by atoms with E-state index in [1.54, 1.807) is 27.6 Å². The van der Waals surface area contributed by atoms with E-state index in [4.69, 9.17) is 18.9 Å². The Morgan fingerprint density at radius 2 is 1.46 bits per heavy atom. The van der Waals surface area contributed by atoms with Crippen molar-refractivity contribution < 1.29 is 18.9 Å². The van der Waals surface area contributed by atoms with Gasteiger partial charge in [0.05, 0.1) is 12.9 Å². The summed E-state index contributed by atoms with van der Waals surface area (Å²) in [5, 5.41) is 0. The van der Waals surface area contributed by atoms with Crippen LogP contribution in [0.3, 0.4) is 0 Å². The first-order valence-electron chi connectivity index (χ1n) is 9.48. The van der Waals surface area contributed by atoms with Gasteiger partial charge in [-0.25, -0.2) is 0 Å². The second-order valence-corrected chi connectivity index (χ2v) is 6.57. The van der Waals surface area contributed by atoms with E-state index >= 15 is 0 Å². The van der Waals surface area contributed by atoms with E-state index in [1.165, 1.54) is 32.1 Å².